The highest BCUT2D eigenvalue weighted by molar-refractivity contribution is 6.30. The van der Waals surface area contributed by atoms with Crippen molar-refractivity contribution in [1.29, 1.82) is 0 Å². The van der Waals surface area contributed by atoms with E-state index in [1.807, 2.05) is 18.2 Å². The van der Waals surface area contributed by atoms with Gasteiger partial charge in [-0.05, 0) is 47.5 Å². The van der Waals surface area contributed by atoms with Gasteiger partial charge in [0.05, 0.1) is 0 Å². The second kappa shape index (κ2) is 7.53. The van der Waals surface area contributed by atoms with Gasteiger partial charge in [-0.25, -0.2) is 4.39 Å². The molecule has 1 aliphatic heterocycles. The van der Waals surface area contributed by atoms with Crippen LogP contribution in [0.2, 0.25) is 5.02 Å². The highest BCUT2D eigenvalue weighted by atomic mass is 35.5. The summed E-state index contributed by atoms with van der Waals surface area (Å²) in [5, 5.41) is 0.638. The van der Waals surface area contributed by atoms with Gasteiger partial charge in [0.25, 0.3) is 0 Å². The molecule has 0 aromatic heterocycles. The fourth-order valence-corrected chi connectivity index (χ4v) is 2.69. The summed E-state index contributed by atoms with van der Waals surface area (Å²) in [5.41, 5.74) is 2.65. The molecular formula is C20H17ClFNO2. The Labute approximate surface area is 151 Å². The quantitative estimate of drug-likeness (QED) is 0.755. The molecule has 3 rings (SSSR count). The predicted molar refractivity (Wildman–Crippen MR) is 96.9 cm³/mol. The Bertz CT molecular complexity index is 843. The van der Waals surface area contributed by atoms with Crippen LogP contribution in [0.1, 0.15) is 11.1 Å². The topological polar surface area (TPSA) is 29.5 Å². The number of nitrogens with zero attached hydrogens (tertiary/aromatic N) is 1. The van der Waals surface area contributed by atoms with E-state index in [0.717, 1.165) is 22.4 Å². The number of halogens is 2. The van der Waals surface area contributed by atoms with Gasteiger partial charge in [0.15, 0.2) is 0 Å². The van der Waals surface area contributed by atoms with Crippen LogP contribution in [-0.4, -0.2) is 24.5 Å². The maximum atomic E-state index is 12.9. The molecule has 0 spiro atoms. The van der Waals surface area contributed by atoms with Gasteiger partial charge < -0.3 is 9.64 Å². The molecule has 0 atom stereocenters. The molecule has 0 N–H and O–H groups in total. The van der Waals surface area contributed by atoms with Crippen LogP contribution in [0.3, 0.4) is 0 Å². The van der Waals surface area contributed by atoms with Gasteiger partial charge in [-0.2, -0.15) is 0 Å². The number of fused-ring (bicyclic) bond motifs is 1. The third kappa shape index (κ3) is 4.48. The van der Waals surface area contributed by atoms with Gasteiger partial charge in [-0.15, -0.1) is 0 Å². The van der Waals surface area contributed by atoms with Gasteiger partial charge in [0.2, 0.25) is 5.91 Å². The summed E-state index contributed by atoms with van der Waals surface area (Å²) in [4.78, 5) is 13.8. The van der Waals surface area contributed by atoms with Crippen molar-refractivity contribution in [3.63, 3.8) is 0 Å². The molecular weight excluding hydrogens is 341 g/mol. The molecule has 0 unspecified atom stereocenters. The molecule has 5 heteroatoms. The van der Waals surface area contributed by atoms with E-state index < -0.39 is 0 Å². The van der Waals surface area contributed by atoms with E-state index >= 15 is 0 Å². The van der Waals surface area contributed by atoms with E-state index in [1.54, 1.807) is 36.2 Å². The van der Waals surface area contributed by atoms with Crippen LogP contribution in [0.5, 0.6) is 5.75 Å². The van der Waals surface area contributed by atoms with Crippen molar-refractivity contribution in [2.24, 2.45) is 0 Å². The fourth-order valence-electron chi connectivity index (χ4n) is 2.51. The highest BCUT2D eigenvalue weighted by Crippen LogP contribution is 2.29. The van der Waals surface area contributed by atoms with E-state index in [4.69, 9.17) is 16.3 Å². The fraction of sp³-hybridized carbons (Fsp3) is 0.150. The van der Waals surface area contributed by atoms with E-state index in [-0.39, 0.29) is 11.7 Å². The lowest BCUT2D eigenvalue weighted by molar-refractivity contribution is -0.125. The molecule has 128 valence electrons. The number of benzene rings is 2. The zero-order chi connectivity index (χ0) is 17.8. The lowest BCUT2D eigenvalue weighted by atomic mass is 10.1. The average Bonchev–Trinajstić information content (AvgIpc) is 2.61. The Kier molecular flexibility index (Phi) is 5.19. The van der Waals surface area contributed by atoms with Crippen molar-refractivity contribution in [3.05, 3.63) is 82.2 Å². The lowest BCUT2D eigenvalue weighted by Crippen LogP contribution is -2.24. The second-order valence-corrected chi connectivity index (χ2v) is 6.28. The zero-order valence-corrected chi connectivity index (χ0v) is 14.5. The van der Waals surface area contributed by atoms with Crippen LogP contribution in [0.15, 0.2) is 60.2 Å². The minimum Gasteiger partial charge on any atom is -0.488 e. The summed E-state index contributed by atoms with van der Waals surface area (Å²) in [6, 6.07) is 11.5. The molecule has 3 nitrogen and oxygen atoms in total. The number of carbonyl (C=O) groups is 1. The summed E-state index contributed by atoms with van der Waals surface area (Å²) in [7, 11) is 1.71. The first kappa shape index (κ1) is 17.2. The van der Waals surface area contributed by atoms with Crippen LogP contribution in [0.25, 0.3) is 6.08 Å². The second-order valence-electron chi connectivity index (χ2n) is 5.84. The van der Waals surface area contributed by atoms with Crippen molar-refractivity contribution in [2.45, 2.75) is 6.54 Å². The molecule has 1 aliphatic rings. The van der Waals surface area contributed by atoms with Crippen LogP contribution < -0.4 is 4.74 Å². The third-order valence-electron chi connectivity index (χ3n) is 3.86. The van der Waals surface area contributed by atoms with Crippen LogP contribution >= 0.6 is 11.6 Å². The van der Waals surface area contributed by atoms with Crippen LogP contribution in [-0.2, 0) is 11.3 Å². The average molecular weight is 358 g/mol. The summed E-state index contributed by atoms with van der Waals surface area (Å²) in [6.45, 7) is 0.817. The van der Waals surface area contributed by atoms with Gasteiger partial charge in [-0.3, -0.25) is 4.79 Å². The van der Waals surface area contributed by atoms with E-state index in [9.17, 15) is 9.18 Å². The Hall–Kier alpha value is -2.59. The Morgan fingerprint density at radius 3 is 2.80 bits per heavy atom. The number of ether oxygens (including phenoxy) is 1. The SMILES string of the molecule is CN(Cc1ccc(F)cc1)C(=O)/C=C/C1=Cc2cc(Cl)ccc2OC1. The van der Waals surface area contributed by atoms with Gasteiger partial charge in [0.1, 0.15) is 18.2 Å². The standard InChI is InChI=1S/C20H17ClFNO2/c1-23(12-14-2-6-18(22)7-3-14)20(24)9-4-15-10-16-11-17(21)5-8-19(16)25-13-15/h2-11H,12-13H2,1H3/b9-4+. The van der Waals surface area contributed by atoms with Crippen LogP contribution in [0.4, 0.5) is 4.39 Å². The maximum Gasteiger partial charge on any atom is 0.246 e. The van der Waals surface area contributed by atoms with E-state index in [1.165, 1.54) is 18.2 Å². The molecule has 2 aromatic carbocycles. The molecule has 1 amide bonds. The first-order valence-corrected chi connectivity index (χ1v) is 8.19. The summed E-state index contributed by atoms with van der Waals surface area (Å²) in [5.74, 6) is 0.352. The third-order valence-corrected chi connectivity index (χ3v) is 4.09. The molecule has 0 aliphatic carbocycles. The molecule has 0 bridgehead atoms. The normalized spacial score (nSPS) is 13.2. The van der Waals surface area contributed by atoms with Crippen LogP contribution in [0, 0.1) is 5.82 Å². The lowest BCUT2D eigenvalue weighted by Gasteiger charge is -2.17. The van der Waals surface area contributed by atoms with Crippen molar-refractivity contribution in [1.82, 2.24) is 4.90 Å². The molecule has 2 aromatic rings. The monoisotopic (exact) mass is 357 g/mol. The molecule has 0 fully saturated rings. The molecule has 0 saturated heterocycles. The van der Waals surface area contributed by atoms with Gasteiger partial charge in [-0.1, -0.05) is 29.8 Å². The first-order valence-electron chi connectivity index (χ1n) is 7.82. The Balaban J connectivity index is 1.65. The summed E-state index contributed by atoms with van der Waals surface area (Å²) < 4.78 is 18.6. The number of hydrogen-bond acceptors (Lipinski definition) is 2. The molecule has 0 radical (unpaired) electrons. The summed E-state index contributed by atoms with van der Waals surface area (Å²) in [6.07, 6.45) is 5.20. The molecule has 25 heavy (non-hydrogen) atoms. The Morgan fingerprint density at radius 1 is 1.28 bits per heavy atom. The number of hydrogen-bond donors (Lipinski definition) is 0. The van der Waals surface area contributed by atoms with Crippen molar-refractivity contribution in [3.8, 4) is 5.75 Å². The van der Waals surface area contributed by atoms with E-state index in [0.29, 0.717) is 18.2 Å². The van der Waals surface area contributed by atoms with Gasteiger partial charge in [0, 0.05) is 30.3 Å². The molecule has 1 heterocycles. The first-order chi connectivity index (χ1) is 12.0. The minimum absolute atomic E-state index is 0.137. The predicted octanol–water partition coefficient (Wildman–Crippen LogP) is 4.47. The number of likely N-dealkylation sites (N-methyl/N-ethyl adjacent to an activating group) is 1. The van der Waals surface area contributed by atoms with E-state index in [2.05, 4.69) is 0 Å². The minimum atomic E-state index is -0.290. The van der Waals surface area contributed by atoms with Crippen molar-refractivity contribution >= 4 is 23.6 Å². The smallest absolute Gasteiger partial charge is 0.246 e. The van der Waals surface area contributed by atoms with Crippen molar-refractivity contribution < 1.29 is 13.9 Å². The van der Waals surface area contributed by atoms with Gasteiger partial charge >= 0.3 is 0 Å². The zero-order valence-electron chi connectivity index (χ0n) is 13.7. The highest BCUT2D eigenvalue weighted by Gasteiger charge is 2.11. The summed E-state index contributed by atoms with van der Waals surface area (Å²) >= 11 is 5.99. The number of rotatable bonds is 4. The molecule has 0 saturated carbocycles. The largest absolute Gasteiger partial charge is 0.488 e. The maximum absolute atomic E-state index is 12.9. The van der Waals surface area contributed by atoms with Crippen molar-refractivity contribution in [2.75, 3.05) is 13.7 Å². The number of amides is 1. The Morgan fingerprint density at radius 2 is 2.04 bits per heavy atom. The number of carbonyl (C=O) groups excluding carboxylic acids is 1.